The highest BCUT2D eigenvalue weighted by Gasteiger charge is 2.11. The molecule has 0 aliphatic carbocycles. The molecule has 0 fully saturated rings. The largest absolute Gasteiger partial charge is 0.296 e. The summed E-state index contributed by atoms with van der Waals surface area (Å²) in [6.07, 6.45) is 2.83. The first-order valence-corrected chi connectivity index (χ1v) is 6.10. The highest BCUT2D eigenvalue weighted by atomic mass is 32.1. The minimum absolute atomic E-state index is 0.637. The van der Waals surface area contributed by atoms with Crippen molar-refractivity contribution in [3.05, 3.63) is 47.9 Å². The normalized spacial score (nSPS) is 10.9. The average Bonchev–Trinajstić information content (AvgIpc) is 2.86. The third-order valence-corrected chi connectivity index (χ3v) is 3.75. The van der Waals surface area contributed by atoms with E-state index in [2.05, 4.69) is 17.1 Å². The van der Waals surface area contributed by atoms with Crippen molar-refractivity contribution in [2.75, 3.05) is 0 Å². The van der Waals surface area contributed by atoms with E-state index < -0.39 is 0 Å². The average molecular weight is 242 g/mol. The Morgan fingerprint density at radius 1 is 1.29 bits per heavy atom. The van der Waals surface area contributed by atoms with E-state index in [0.29, 0.717) is 5.69 Å². The van der Waals surface area contributed by atoms with Crippen LogP contribution in [-0.4, -0.2) is 15.7 Å². The van der Waals surface area contributed by atoms with Crippen molar-refractivity contribution in [3.8, 4) is 10.4 Å². The lowest BCUT2D eigenvalue weighted by molar-refractivity contribution is 0.111. The monoisotopic (exact) mass is 242 g/mol. The van der Waals surface area contributed by atoms with Crippen LogP contribution in [0.2, 0.25) is 0 Å². The topological polar surface area (TPSA) is 34.4 Å². The number of fused-ring (bicyclic) bond motifs is 1. The Kier molecular flexibility index (Phi) is 2.30. The van der Waals surface area contributed by atoms with Crippen LogP contribution in [0.15, 0.2) is 36.5 Å². The smallest absolute Gasteiger partial charge is 0.195 e. The molecule has 2 aromatic heterocycles. The van der Waals surface area contributed by atoms with Crippen LogP contribution in [0, 0.1) is 6.92 Å². The van der Waals surface area contributed by atoms with Crippen molar-refractivity contribution >= 4 is 22.6 Å². The standard InChI is InChI=1S/C13H10N2OS/c1-9-11(8-16)15-7-12(17-13(15)14-9)10-5-3-2-4-6-10/h2-8H,1H3. The first kappa shape index (κ1) is 10.2. The highest BCUT2D eigenvalue weighted by molar-refractivity contribution is 7.20. The van der Waals surface area contributed by atoms with Crippen LogP contribution in [0.4, 0.5) is 0 Å². The number of carbonyl (C=O) groups is 1. The number of nitrogens with zero attached hydrogens (tertiary/aromatic N) is 2. The van der Waals surface area contributed by atoms with E-state index in [9.17, 15) is 4.79 Å². The number of carbonyl (C=O) groups excluding carboxylic acids is 1. The Hall–Kier alpha value is -1.94. The first-order chi connectivity index (χ1) is 8.29. The van der Waals surface area contributed by atoms with E-state index in [1.807, 2.05) is 35.7 Å². The van der Waals surface area contributed by atoms with Gasteiger partial charge in [0.2, 0.25) is 0 Å². The molecule has 3 aromatic rings. The number of hydrogen-bond donors (Lipinski definition) is 0. The zero-order valence-corrected chi connectivity index (χ0v) is 10.1. The second-order valence-electron chi connectivity index (χ2n) is 3.81. The minimum Gasteiger partial charge on any atom is -0.296 e. The predicted molar refractivity (Wildman–Crippen MR) is 68.6 cm³/mol. The first-order valence-electron chi connectivity index (χ1n) is 5.28. The van der Waals surface area contributed by atoms with Gasteiger partial charge in [0, 0.05) is 6.20 Å². The maximum Gasteiger partial charge on any atom is 0.195 e. The molecule has 17 heavy (non-hydrogen) atoms. The summed E-state index contributed by atoms with van der Waals surface area (Å²) in [6, 6.07) is 10.1. The quantitative estimate of drug-likeness (QED) is 0.647. The van der Waals surface area contributed by atoms with Crippen molar-refractivity contribution in [1.82, 2.24) is 9.38 Å². The van der Waals surface area contributed by atoms with Gasteiger partial charge in [0.15, 0.2) is 11.2 Å². The maximum absolute atomic E-state index is 11.0. The van der Waals surface area contributed by atoms with Crippen LogP contribution in [0.1, 0.15) is 16.2 Å². The van der Waals surface area contributed by atoms with Crippen LogP contribution in [0.5, 0.6) is 0 Å². The van der Waals surface area contributed by atoms with Gasteiger partial charge in [-0.2, -0.15) is 0 Å². The van der Waals surface area contributed by atoms with Gasteiger partial charge in [-0.1, -0.05) is 41.7 Å². The number of hydrogen-bond acceptors (Lipinski definition) is 3. The number of aryl methyl sites for hydroxylation is 1. The number of benzene rings is 1. The molecule has 0 bridgehead atoms. The number of imidazole rings is 1. The number of thiazole rings is 1. The molecule has 0 saturated heterocycles. The van der Waals surface area contributed by atoms with E-state index >= 15 is 0 Å². The molecule has 0 N–H and O–H groups in total. The Labute approximate surface area is 102 Å². The summed E-state index contributed by atoms with van der Waals surface area (Å²) in [5, 5.41) is 0. The van der Waals surface area contributed by atoms with Gasteiger partial charge in [-0.3, -0.25) is 9.20 Å². The van der Waals surface area contributed by atoms with Crippen molar-refractivity contribution in [1.29, 1.82) is 0 Å². The molecule has 0 spiro atoms. The van der Waals surface area contributed by atoms with E-state index in [4.69, 9.17) is 0 Å². The fourth-order valence-electron chi connectivity index (χ4n) is 1.85. The lowest BCUT2D eigenvalue weighted by Gasteiger charge is -1.94. The summed E-state index contributed by atoms with van der Waals surface area (Å²) < 4.78 is 1.86. The molecule has 2 heterocycles. The van der Waals surface area contributed by atoms with Crippen molar-refractivity contribution < 1.29 is 4.79 Å². The molecule has 0 atom stereocenters. The molecular weight excluding hydrogens is 232 g/mol. The van der Waals surface area contributed by atoms with Gasteiger partial charge in [-0.25, -0.2) is 4.98 Å². The Morgan fingerprint density at radius 3 is 2.76 bits per heavy atom. The summed E-state index contributed by atoms with van der Waals surface area (Å²) in [5.74, 6) is 0. The van der Waals surface area contributed by atoms with Gasteiger partial charge in [-0.15, -0.1) is 0 Å². The van der Waals surface area contributed by atoms with Crippen molar-refractivity contribution in [2.24, 2.45) is 0 Å². The second-order valence-corrected chi connectivity index (χ2v) is 4.82. The summed E-state index contributed by atoms with van der Waals surface area (Å²) in [6.45, 7) is 1.85. The molecule has 4 heteroatoms. The van der Waals surface area contributed by atoms with Gasteiger partial charge in [0.25, 0.3) is 0 Å². The fourth-order valence-corrected chi connectivity index (χ4v) is 2.89. The third kappa shape index (κ3) is 1.57. The van der Waals surface area contributed by atoms with Gasteiger partial charge >= 0.3 is 0 Å². The van der Waals surface area contributed by atoms with E-state index in [-0.39, 0.29) is 0 Å². The molecule has 0 saturated carbocycles. The van der Waals surface area contributed by atoms with Crippen LogP contribution in [0.3, 0.4) is 0 Å². The highest BCUT2D eigenvalue weighted by Crippen LogP contribution is 2.29. The molecule has 0 radical (unpaired) electrons. The molecule has 1 aromatic carbocycles. The number of aromatic nitrogens is 2. The zero-order valence-electron chi connectivity index (χ0n) is 9.25. The summed E-state index contributed by atoms with van der Waals surface area (Å²) in [7, 11) is 0. The summed E-state index contributed by atoms with van der Waals surface area (Å²) in [5.41, 5.74) is 2.57. The Morgan fingerprint density at radius 2 is 2.06 bits per heavy atom. The van der Waals surface area contributed by atoms with E-state index in [1.54, 1.807) is 11.3 Å². The lowest BCUT2D eigenvalue weighted by Crippen LogP contribution is -1.88. The van der Waals surface area contributed by atoms with Crippen LogP contribution in [0.25, 0.3) is 15.4 Å². The molecule has 84 valence electrons. The summed E-state index contributed by atoms with van der Waals surface area (Å²) >= 11 is 1.59. The fraction of sp³-hybridized carbons (Fsp3) is 0.0769. The Bertz CT molecular complexity index is 682. The van der Waals surface area contributed by atoms with Gasteiger partial charge in [0.05, 0.1) is 10.6 Å². The predicted octanol–water partition coefficient (Wildman–Crippen LogP) is 3.18. The summed E-state index contributed by atoms with van der Waals surface area (Å²) in [4.78, 5) is 17.4. The van der Waals surface area contributed by atoms with Crippen molar-refractivity contribution in [3.63, 3.8) is 0 Å². The molecular formula is C13H10N2OS. The lowest BCUT2D eigenvalue weighted by atomic mass is 10.2. The Balaban J connectivity index is 2.21. The molecule has 0 aliphatic heterocycles. The molecule has 0 aliphatic rings. The SMILES string of the molecule is Cc1nc2sc(-c3ccccc3)cn2c1C=O. The van der Waals surface area contributed by atoms with Gasteiger partial charge in [0.1, 0.15) is 5.69 Å². The second kappa shape index (κ2) is 3.82. The zero-order chi connectivity index (χ0) is 11.8. The van der Waals surface area contributed by atoms with Crippen LogP contribution < -0.4 is 0 Å². The van der Waals surface area contributed by atoms with Crippen molar-refractivity contribution in [2.45, 2.75) is 6.92 Å². The molecule has 0 unspecified atom stereocenters. The maximum atomic E-state index is 11.0. The van der Waals surface area contributed by atoms with Gasteiger partial charge < -0.3 is 0 Å². The van der Waals surface area contributed by atoms with E-state index in [1.165, 1.54) is 0 Å². The molecule has 0 amide bonds. The number of aldehydes is 1. The third-order valence-electron chi connectivity index (χ3n) is 2.72. The number of rotatable bonds is 2. The van der Waals surface area contributed by atoms with E-state index in [0.717, 1.165) is 27.4 Å². The molecule has 3 nitrogen and oxygen atoms in total. The minimum atomic E-state index is 0.637. The van der Waals surface area contributed by atoms with Gasteiger partial charge in [-0.05, 0) is 12.5 Å². The van der Waals surface area contributed by atoms with Crippen LogP contribution >= 0.6 is 11.3 Å². The van der Waals surface area contributed by atoms with Crippen LogP contribution in [-0.2, 0) is 0 Å². The molecule has 3 rings (SSSR count).